The largest absolute Gasteiger partial charge is 0.472 e. The number of carbonyl (C=O) groups excluding carboxylic acids is 1. The summed E-state index contributed by atoms with van der Waals surface area (Å²) in [5.41, 5.74) is 0. The van der Waals surface area contributed by atoms with Gasteiger partial charge in [0, 0.05) is 13.0 Å². The predicted octanol–water partition coefficient (Wildman–Crippen LogP) is 16.9. The van der Waals surface area contributed by atoms with Gasteiger partial charge in [-0.2, -0.15) is 0 Å². The Bertz CT molecular complexity index is 1390. The highest BCUT2D eigenvalue weighted by Gasteiger charge is 2.26. The molecule has 0 radical (unpaired) electrons. The lowest BCUT2D eigenvalue weighted by Gasteiger charge is -2.24. The van der Waals surface area contributed by atoms with Crippen LogP contribution < -0.4 is 0 Å². The lowest BCUT2D eigenvalue weighted by Crippen LogP contribution is -2.37. The summed E-state index contributed by atoms with van der Waals surface area (Å²) in [4.78, 5) is 23.0. The van der Waals surface area contributed by atoms with Crippen molar-refractivity contribution in [3.8, 4) is 0 Å². The fourth-order valence-electron chi connectivity index (χ4n) is 7.00. The third kappa shape index (κ3) is 54.2. The summed E-state index contributed by atoms with van der Waals surface area (Å²) in [6, 6.07) is 0. The van der Waals surface area contributed by atoms with Gasteiger partial charge >= 0.3 is 13.8 Å². The van der Waals surface area contributed by atoms with Crippen LogP contribution in [0.3, 0.4) is 0 Å². The monoisotopic (exact) mass is 957 g/mol. The first-order chi connectivity index (χ1) is 32.6. The normalized spacial score (nSPS) is 14.3. The predicted molar refractivity (Wildman–Crippen MR) is 288 cm³/mol. The van der Waals surface area contributed by atoms with Gasteiger partial charge in [-0.05, 0) is 96.3 Å². The molecule has 386 valence electrons. The third-order valence-electron chi connectivity index (χ3n) is 11.1. The lowest BCUT2D eigenvalue weighted by molar-refractivity contribution is -0.870. The number of phosphoric acid groups is 1. The second-order valence-electron chi connectivity index (χ2n) is 18.9. The van der Waals surface area contributed by atoms with E-state index in [0.717, 1.165) is 83.5 Å². The van der Waals surface area contributed by atoms with Gasteiger partial charge in [0.15, 0.2) is 0 Å². The Balaban J connectivity index is 4.17. The number of hydrogen-bond donors (Lipinski definition) is 1. The first kappa shape index (κ1) is 64.4. The molecule has 0 aromatic rings. The highest BCUT2D eigenvalue weighted by atomic mass is 31.2. The van der Waals surface area contributed by atoms with Crippen molar-refractivity contribution in [2.75, 3.05) is 54.1 Å². The van der Waals surface area contributed by atoms with Gasteiger partial charge in [0.1, 0.15) is 19.3 Å². The number of likely N-dealkylation sites (N-methyl/N-ethyl adjacent to an activating group) is 1. The molecule has 0 heterocycles. The average Bonchev–Trinajstić information content (AvgIpc) is 3.29. The first-order valence-electron chi connectivity index (χ1n) is 27.0. The Hall–Kier alpha value is -2.58. The minimum atomic E-state index is -4.29. The Labute approximate surface area is 413 Å². The Kier molecular flexibility index (Phi) is 47.9. The summed E-state index contributed by atoms with van der Waals surface area (Å²) < 4.78 is 35.2. The summed E-state index contributed by atoms with van der Waals surface area (Å²) in [5.74, 6) is -0.325. The third-order valence-corrected chi connectivity index (χ3v) is 12.1. The molecule has 0 rings (SSSR count). The molecule has 9 heteroatoms. The van der Waals surface area contributed by atoms with E-state index in [2.05, 4.69) is 111 Å². The number of quaternary nitrogens is 1. The van der Waals surface area contributed by atoms with Crippen LogP contribution >= 0.6 is 7.82 Å². The van der Waals surface area contributed by atoms with Gasteiger partial charge in [-0.15, -0.1) is 0 Å². The van der Waals surface area contributed by atoms with Gasteiger partial charge in [-0.1, -0.05) is 201 Å². The van der Waals surface area contributed by atoms with Crippen molar-refractivity contribution in [1.82, 2.24) is 0 Å². The number of unbranched alkanes of at least 4 members (excludes halogenated alkanes) is 19. The van der Waals surface area contributed by atoms with Crippen LogP contribution in [0.15, 0.2) is 97.2 Å². The molecule has 0 saturated heterocycles. The van der Waals surface area contributed by atoms with Crippen molar-refractivity contribution in [3.63, 3.8) is 0 Å². The summed E-state index contributed by atoms with van der Waals surface area (Å²) in [5, 5.41) is 0. The zero-order chi connectivity index (χ0) is 49.0. The van der Waals surface area contributed by atoms with Crippen LogP contribution in [0.25, 0.3) is 0 Å². The van der Waals surface area contributed by atoms with E-state index in [1.54, 1.807) is 0 Å². The molecule has 0 fully saturated rings. The lowest BCUT2D eigenvalue weighted by atomic mass is 10.1. The minimum Gasteiger partial charge on any atom is -0.457 e. The van der Waals surface area contributed by atoms with E-state index >= 15 is 0 Å². The molecule has 0 spiro atoms. The Morgan fingerprint density at radius 3 is 1.30 bits per heavy atom. The molecule has 0 aliphatic rings. The first-order valence-corrected chi connectivity index (χ1v) is 28.5. The number of phosphoric ester groups is 1. The Morgan fingerprint density at radius 1 is 0.478 bits per heavy atom. The molecule has 2 atom stereocenters. The second kappa shape index (κ2) is 49.8. The minimum absolute atomic E-state index is 0.0802. The quantitative estimate of drug-likeness (QED) is 0.0213. The highest BCUT2D eigenvalue weighted by Crippen LogP contribution is 2.43. The molecule has 0 aromatic carbocycles. The summed E-state index contributed by atoms with van der Waals surface area (Å²) >= 11 is 0. The van der Waals surface area contributed by atoms with Crippen LogP contribution in [0.4, 0.5) is 0 Å². The topological polar surface area (TPSA) is 91.3 Å². The van der Waals surface area contributed by atoms with E-state index in [0.29, 0.717) is 24.1 Å². The molecule has 0 aliphatic carbocycles. The average molecular weight is 957 g/mol. The molecule has 8 nitrogen and oxygen atoms in total. The van der Waals surface area contributed by atoms with E-state index in [1.165, 1.54) is 103 Å². The smallest absolute Gasteiger partial charge is 0.457 e. The fourth-order valence-corrected chi connectivity index (χ4v) is 7.74. The molecule has 0 amide bonds. The molecule has 67 heavy (non-hydrogen) atoms. The number of hydrogen-bond acceptors (Lipinski definition) is 6. The number of rotatable bonds is 49. The Morgan fingerprint density at radius 2 is 0.866 bits per heavy atom. The number of esters is 1. The summed E-state index contributed by atoms with van der Waals surface area (Å²) in [6.45, 7) is 5.44. The van der Waals surface area contributed by atoms with Gasteiger partial charge in [0.05, 0.1) is 34.4 Å². The van der Waals surface area contributed by atoms with Crippen molar-refractivity contribution in [1.29, 1.82) is 0 Å². The van der Waals surface area contributed by atoms with Crippen molar-refractivity contribution >= 4 is 13.8 Å². The molecule has 0 aromatic heterocycles. The number of nitrogens with zero attached hydrogens (tertiary/aromatic N) is 1. The van der Waals surface area contributed by atoms with Gasteiger partial charge in [0.25, 0.3) is 0 Å². The zero-order valence-electron chi connectivity index (χ0n) is 43.9. The standard InChI is InChI=1S/C58H102NO7P/c1-6-8-10-12-14-16-18-20-22-24-26-27-28-29-30-31-32-34-36-38-40-42-44-46-48-50-53-63-55-57(56-65-67(61,62)64-54-52-59(3,4)5)66-58(60)51-49-47-45-43-41-39-37-35-33-25-23-21-19-17-15-13-11-9-7-2/h8,10,14-17,20-23,26-27,29-30,32,34,57H,6-7,9,11-13,18-19,24-25,28,31,33,35-56H2,1-5H3/p+1/b10-8-,16-14-,17-15-,22-20-,23-21-,27-26-,30-29-,34-32-. The molecule has 0 saturated carbocycles. The summed E-state index contributed by atoms with van der Waals surface area (Å²) in [6.07, 6.45) is 68.8. The van der Waals surface area contributed by atoms with E-state index in [1.807, 2.05) is 21.1 Å². The maximum atomic E-state index is 12.8. The van der Waals surface area contributed by atoms with Crippen molar-refractivity contribution in [3.05, 3.63) is 97.2 Å². The van der Waals surface area contributed by atoms with Gasteiger partial charge in [0.2, 0.25) is 0 Å². The number of ether oxygens (including phenoxy) is 2. The summed E-state index contributed by atoms with van der Waals surface area (Å²) in [7, 11) is 1.64. The maximum absolute atomic E-state index is 12.8. The molecule has 0 bridgehead atoms. The second-order valence-corrected chi connectivity index (χ2v) is 20.3. The van der Waals surface area contributed by atoms with Crippen LogP contribution in [0.2, 0.25) is 0 Å². The van der Waals surface area contributed by atoms with Gasteiger partial charge in [-0.25, -0.2) is 4.57 Å². The molecule has 0 aliphatic heterocycles. The van der Waals surface area contributed by atoms with Crippen LogP contribution in [0.5, 0.6) is 0 Å². The van der Waals surface area contributed by atoms with E-state index in [4.69, 9.17) is 18.5 Å². The van der Waals surface area contributed by atoms with E-state index < -0.39 is 13.9 Å². The molecule has 2 unspecified atom stereocenters. The van der Waals surface area contributed by atoms with Crippen molar-refractivity contribution in [2.45, 2.75) is 213 Å². The number of carbonyl (C=O) groups is 1. The molecular weight excluding hydrogens is 854 g/mol. The van der Waals surface area contributed by atoms with Crippen LogP contribution in [0.1, 0.15) is 206 Å². The fraction of sp³-hybridized carbons (Fsp3) is 0.707. The highest BCUT2D eigenvalue weighted by molar-refractivity contribution is 7.47. The van der Waals surface area contributed by atoms with Crippen LogP contribution in [0, 0.1) is 0 Å². The zero-order valence-corrected chi connectivity index (χ0v) is 44.7. The van der Waals surface area contributed by atoms with E-state index in [9.17, 15) is 14.3 Å². The van der Waals surface area contributed by atoms with E-state index in [-0.39, 0.29) is 25.8 Å². The van der Waals surface area contributed by atoms with Crippen LogP contribution in [-0.4, -0.2) is 75.6 Å². The molecule has 1 N–H and O–H groups in total. The van der Waals surface area contributed by atoms with Gasteiger partial charge < -0.3 is 18.9 Å². The molecular formula is C58H103NO7P+. The van der Waals surface area contributed by atoms with Gasteiger partial charge in [-0.3, -0.25) is 13.8 Å². The van der Waals surface area contributed by atoms with Crippen molar-refractivity contribution < 1.29 is 37.3 Å². The van der Waals surface area contributed by atoms with Crippen molar-refractivity contribution in [2.24, 2.45) is 0 Å². The van der Waals surface area contributed by atoms with Crippen LogP contribution in [-0.2, 0) is 27.9 Å². The SMILES string of the molecule is CC/C=C\C/C=C\C/C=C\C/C=C\C/C=C\C/C=C\CCCCCCCCCOCC(COP(=O)(O)OCC[N+](C)(C)C)OC(=O)CCCCCCCCCCC/C=C\C/C=C\CCCCC. The maximum Gasteiger partial charge on any atom is 0.472 e. The number of allylic oxidation sites excluding steroid dienone is 16.